The van der Waals surface area contributed by atoms with Crippen molar-refractivity contribution in [3.8, 4) is 0 Å². The first-order valence-electron chi connectivity index (χ1n) is 9.16. The van der Waals surface area contributed by atoms with Crippen LogP contribution in [-0.2, 0) is 13.0 Å². The second-order valence-electron chi connectivity index (χ2n) is 7.33. The fourth-order valence-corrected chi connectivity index (χ4v) is 4.19. The van der Waals surface area contributed by atoms with Gasteiger partial charge in [0.15, 0.2) is 0 Å². The van der Waals surface area contributed by atoms with E-state index in [4.69, 9.17) is 0 Å². The number of likely N-dealkylation sites (tertiary alicyclic amines) is 1. The van der Waals surface area contributed by atoms with Crippen LogP contribution in [0.5, 0.6) is 0 Å². The van der Waals surface area contributed by atoms with E-state index in [1.54, 1.807) is 0 Å². The van der Waals surface area contributed by atoms with Gasteiger partial charge in [0.05, 0.1) is 0 Å². The van der Waals surface area contributed by atoms with E-state index in [1.807, 2.05) is 4.90 Å². The van der Waals surface area contributed by atoms with E-state index >= 15 is 0 Å². The fraction of sp³-hybridized carbons (Fsp3) is 0.632. The van der Waals surface area contributed by atoms with E-state index in [-0.39, 0.29) is 6.03 Å². The first-order valence-corrected chi connectivity index (χ1v) is 9.16. The molecule has 0 bridgehead atoms. The number of urea groups is 1. The molecular formula is C19H27N3O. The highest BCUT2D eigenvalue weighted by atomic mass is 16.2. The average molecular weight is 313 g/mol. The van der Waals surface area contributed by atoms with Gasteiger partial charge in [0.2, 0.25) is 0 Å². The molecule has 2 aliphatic heterocycles. The van der Waals surface area contributed by atoms with Gasteiger partial charge in [0.25, 0.3) is 0 Å². The van der Waals surface area contributed by atoms with E-state index in [2.05, 4.69) is 34.5 Å². The van der Waals surface area contributed by atoms with E-state index < -0.39 is 0 Å². The number of amides is 2. The molecule has 2 amide bonds. The first-order chi connectivity index (χ1) is 11.3. The lowest BCUT2D eigenvalue weighted by molar-refractivity contribution is 0.0469. The third-order valence-corrected chi connectivity index (χ3v) is 5.76. The second kappa shape index (κ2) is 6.52. The fourth-order valence-electron chi connectivity index (χ4n) is 4.19. The molecule has 124 valence electrons. The molecule has 4 nitrogen and oxygen atoms in total. The highest BCUT2D eigenvalue weighted by Crippen LogP contribution is 2.25. The normalized spacial score (nSPS) is 23.2. The lowest BCUT2D eigenvalue weighted by Gasteiger charge is -2.47. The minimum absolute atomic E-state index is 0.158. The summed E-state index contributed by atoms with van der Waals surface area (Å²) in [6.45, 7) is 3.94. The van der Waals surface area contributed by atoms with E-state index in [1.165, 1.54) is 30.4 Å². The number of nitrogens with zero attached hydrogens (tertiary/aromatic N) is 2. The SMILES string of the molecule is O=C(NC1CCCCC1)N1CC(N2CCc3ccccc3C2)C1. The molecule has 23 heavy (non-hydrogen) atoms. The number of hydrogen-bond acceptors (Lipinski definition) is 2. The number of carbonyl (C=O) groups excluding carboxylic acids is 1. The number of fused-ring (bicyclic) bond motifs is 1. The number of nitrogens with one attached hydrogen (secondary N) is 1. The van der Waals surface area contributed by atoms with Crippen LogP contribution in [0.2, 0.25) is 0 Å². The molecular weight excluding hydrogens is 286 g/mol. The molecule has 0 atom stereocenters. The second-order valence-corrected chi connectivity index (χ2v) is 7.33. The Hall–Kier alpha value is -1.55. The molecule has 2 heterocycles. The monoisotopic (exact) mass is 313 g/mol. The van der Waals surface area contributed by atoms with Gasteiger partial charge in [-0.05, 0) is 30.4 Å². The number of benzene rings is 1. The summed E-state index contributed by atoms with van der Waals surface area (Å²) >= 11 is 0. The Bertz CT molecular complexity index is 561. The third kappa shape index (κ3) is 3.23. The highest BCUT2D eigenvalue weighted by Gasteiger charge is 2.36. The Balaban J connectivity index is 1.26. The van der Waals surface area contributed by atoms with Gasteiger partial charge in [-0.25, -0.2) is 4.79 Å². The molecule has 0 radical (unpaired) electrons. The van der Waals surface area contributed by atoms with Crippen molar-refractivity contribution in [3.05, 3.63) is 35.4 Å². The van der Waals surface area contributed by atoms with E-state index in [0.717, 1.165) is 45.4 Å². The summed E-state index contributed by atoms with van der Waals surface area (Å²) in [5.41, 5.74) is 2.96. The maximum absolute atomic E-state index is 12.3. The van der Waals surface area contributed by atoms with Crippen LogP contribution in [-0.4, -0.2) is 47.5 Å². The predicted octanol–water partition coefficient (Wildman–Crippen LogP) is 2.77. The summed E-state index contributed by atoms with van der Waals surface area (Å²) in [6, 6.07) is 9.87. The molecule has 0 unspecified atom stereocenters. The first kappa shape index (κ1) is 15.0. The van der Waals surface area contributed by atoms with Crippen molar-refractivity contribution in [2.75, 3.05) is 19.6 Å². The molecule has 0 spiro atoms. The van der Waals surface area contributed by atoms with Crippen molar-refractivity contribution >= 4 is 6.03 Å². The summed E-state index contributed by atoms with van der Waals surface area (Å²) in [5, 5.41) is 3.23. The van der Waals surface area contributed by atoms with Crippen LogP contribution in [0, 0.1) is 0 Å². The van der Waals surface area contributed by atoms with Crippen molar-refractivity contribution < 1.29 is 4.79 Å². The molecule has 2 fully saturated rings. The summed E-state index contributed by atoms with van der Waals surface area (Å²) in [4.78, 5) is 16.9. The van der Waals surface area contributed by atoms with Crippen LogP contribution in [0.25, 0.3) is 0 Å². The Morgan fingerprint density at radius 2 is 1.78 bits per heavy atom. The maximum Gasteiger partial charge on any atom is 0.317 e. The van der Waals surface area contributed by atoms with Gasteiger partial charge in [-0.3, -0.25) is 4.90 Å². The number of hydrogen-bond donors (Lipinski definition) is 1. The van der Waals surface area contributed by atoms with Gasteiger partial charge < -0.3 is 10.2 Å². The quantitative estimate of drug-likeness (QED) is 0.911. The predicted molar refractivity (Wildman–Crippen MR) is 91.3 cm³/mol. The summed E-state index contributed by atoms with van der Waals surface area (Å²) in [7, 11) is 0. The van der Waals surface area contributed by atoms with Crippen molar-refractivity contribution in [3.63, 3.8) is 0 Å². The summed E-state index contributed by atoms with van der Waals surface area (Å²) < 4.78 is 0. The van der Waals surface area contributed by atoms with Crippen LogP contribution in [0.4, 0.5) is 4.79 Å². The molecule has 1 saturated carbocycles. The highest BCUT2D eigenvalue weighted by molar-refractivity contribution is 5.75. The smallest absolute Gasteiger partial charge is 0.317 e. The molecule has 4 heteroatoms. The maximum atomic E-state index is 12.3. The molecule has 1 aromatic carbocycles. The van der Waals surface area contributed by atoms with Crippen LogP contribution in [0.3, 0.4) is 0 Å². The van der Waals surface area contributed by atoms with Crippen LogP contribution in [0.15, 0.2) is 24.3 Å². The molecule has 1 aromatic rings. The molecule has 1 saturated heterocycles. The standard InChI is InChI=1S/C19H27N3O/c23-19(20-17-8-2-1-3-9-17)22-13-18(14-22)21-11-10-15-6-4-5-7-16(15)12-21/h4-7,17-18H,1-3,8-14H2,(H,20,23). The minimum Gasteiger partial charge on any atom is -0.335 e. The minimum atomic E-state index is 0.158. The zero-order valence-corrected chi connectivity index (χ0v) is 13.8. The Morgan fingerprint density at radius 1 is 1.04 bits per heavy atom. The molecule has 1 aliphatic carbocycles. The van der Waals surface area contributed by atoms with Gasteiger partial charge in [-0.1, -0.05) is 43.5 Å². The van der Waals surface area contributed by atoms with Gasteiger partial charge in [0, 0.05) is 38.3 Å². The number of carbonyl (C=O) groups is 1. The van der Waals surface area contributed by atoms with Gasteiger partial charge >= 0.3 is 6.03 Å². The largest absolute Gasteiger partial charge is 0.335 e. The summed E-state index contributed by atoms with van der Waals surface area (Å²) in [5.74, 6) is 0. The van der Waals surface area contributed by atoms with Crippen molar-refractivity contribution in [1.82, 2.24) is 15.1 Å². The Kier molecular flexibility index (Phi) is 4.25. The Morgan fingerprint density at radius 3 is 2.57 bits per heavy atom. The van der Waals surface area contributed by atoms with E-state index in [0.29, 0.717) is 12.1 Å². The molecule has 4 rings (SSSR count). The van der Waals surface area contributed by atoms with Crippen molar-refractivity contribution in [1.29, 1.82) is 0 Å². The van der Waals surface area contributed by atoms with Crippen molar-refractivity contribution in [2.45, 2.75) is 57.2 Å². The number of rotatable bonds is 2. The van der Waals surface area contributed by atoms with Crippen LogP contribution < -0.4 is 5.32 Å². The van der Waals surface area contributed by atoms with Crippen molar-refractivity contribution in [2.24, 2.45) is 0 Å². The molecule has 1 N–H and O–H groups in total. The van der Waals surface area contributed by atoms with Crippen LogP contribution >= 0.6 is 0 Å². The zero-order chi connectivity index (χ0) is 15.6. The lowest BCUT2D eigenvalue weighted by Crippen LogP contribution is -2.64. The molecule has 0 aromatic heterocycles. The van der Waals surface area contributed by atoms with Gasteiger partial charge in [-0.2, -0.15) is 0 Å². The average Bonchev–Trinajstić information content (AvgIpc) is 2.54. The Labute approximate surface area is 138 Å². The van der Waals surface area contributed by atoms with E-state index in [9.17, 15) is 4.79 Å². The lowest BCUT2D eigenvalue weighted by atomic mass is 9.95. The third-order valence-electron chi connectivity index (χ3n) is 5.76. The molecule has 3 aliphatic rings. The van der Waals surface area contributed by atoms with Gasteiger partial charge in [0.1, 0.15) is 0 Å². The summed E-state index contributed by atoms with van der Waals surface area (Å²) in [6.07, 6.45) is 7.31. The van der Waals surface area contributed by atoms with Gasteiger partial charge in [-0.15, -0.1) is 0 Å². The topological polar surface area (TPSA) is 35.6 Å². The van der Waals surface area contributed by atoms with Crippen LogP contribution in [0.1, 0.15) is 43.2 Å². The zero-order valence-electron chi connectivity index (χ0n) is 13.8.